The molecule has 0 saturated carbocycles. The van der Waals surface area contributed by atoms with Crippen LogP contribution in [0.5, 0.6) is 0 Å². The lowest BCUT2D eigenvalue weighted by Gasteiger charge is -2.25. The van der Waals surface area contributed by atoms with Gasteiger partial charge in [0.1, 0.15) is 35.1 Å². The minimum absolute atomic E-state index is 0.109. The van der Waals surface area contributed by atoms with Crippen molar-refractivity contribution in [2.75, 3.05) is 19.8 Å². The molecule has 15 aliphatic carbocycles. The van der Waals surface area contributed by atoms with Gasteiger partial charge in [-0.2, -0.15) is 0 Å². The summed E-state index contributed by atoms with van der Waals surface area (Å²) in [5, 5.41) is 0. The van der Waals surface area contributed by atoms with Crippen LogP contribution in [0.2, 0.25) is 0 Å². The molecular weight excluding hydrogens is 900 g/mol. The molecular formula is C63H45O7P. The van der Waals surface area contributed by atoms with Crippen LogP contribution < -0.4 is 0 Å². The Morgan fingerprint density at radius 2 is 0.451 bits per heavy atom. The quantitative estimate of drug-likeness (QED) is 0.105. The van der Waals surface area contributed by atoms with Gasteiger partial charge in [-0.1, -0.05) is 218 Å². The highest BCUT2D eigenvalue weighted by atomic mass is 31.2. The van der Waals surface area contributed by atoms with Crippen molar-refractivity contribution >= 4 is 7.82 Å². The number of benzene rings is 9. The molecule has 3 fully saturated rings. The predicted molar refractivity (Wildman–Crippen MR) is 274 cm³/mol. The second-order valence-corrected chi connectivity index (χ2v) is 21.4. The highest BCUT2D eigenvalue weighted by Crippen LogP contribution is 2.66. The molecule has 344 valence electrons. The summed E-state index contributed by atoms with van der Waals surface area (Å²) < 4.78 is 56.5. The summed E-state index contributed by atoms with van der Waals surface area (Å²) in [5.74, 6) is 0. The Kier molecular flexibility index (Phi) is 9.10. The number of fused-ring (bicyclic) bond motifs is 3. The van der Waals surface area contributed by atoms with Gasteiger partial charge in [-0.05, 0) is 100 Å². The zero-order valence-corrected chi connectivity index (χ0v) is 39.3. The number of hydrogen-bond donors (Lipinski definition) is 0. The normalized spacial score (nSPS) is 24.7. The molecule has 3 aliphatic heterocycles. The van der Waals surface area contributed by atoms with Crippen molar-refractivity contribution in [3.63, 3.8) is 0 Å². The van der Waals surface area contributed by atoms with E-state index in [0.29, 0.717) is 0 Å². The van der Waals surface area contributed by atoms with Crippen LogP contribution in [0.15, 0.2) is 218 Å². The van der Waals surface area contributed by atoms with Gasteiger partial charge in [-0.3, -0.25) is 13.6 Å². The molecule has 9 aromatic rings. The molecule has 3 saturated heterocycles. The lowest BCUT2D eigenvalue weighted by atomic mass is 9.89. The second-order valence-electron chi connectivity index (χ2n) is 19.8. The Morgan fingerprint density at radius 3 is 0.648 bits per heavy atom. The van der Waals surface area contributed by atoms with Crippen LogP contribution in [0.25, 0.3) is 66.8 Å². The van der Waals surface area contributed by atoms with Gasteiger partial charge in [0.05, 0.1) is 19.8 Å². The van der Waals surface area contributed by atoms with Crippen molar-refractivity contribution in [3.05, 3.63) is 252 Å². The third kappa shape index (κ3) is 6.84. The van der Waals surface area contributed by atoms with E-state index in [0.717, 1.165) is 100 Å². The van der Waals surface area contributed by atoms with E-state index < -0.39 is 24.6 Å². The number of phosphoric ester groups is 1. The van der Waals surface area contributed by atoms with E-state index in [2.05, 4.69) is 218 Å². The zero-order chi connectivity index (χ0) is 46.9. The summed E-state index contributed by atoms with van der Waals surface area (Å²) in [6, 6.07) is 76.4. The molecule has 18 bridgehead atoms. The highest BCUT2D eigenvalue weighted by Gasteiger charge is 2.64. The van der Waals surface area contributed by atoms with Crippen LogP contribution in [0.4, 0.5) is 0 Å². The Balaban J connectivity index is 0.799. The summed E-state index contributed by atoms with van der Waals surface area (Å²) >= 11 is 0. The maximum Gasteiger partial charge on any atom is 0.475 e. The minimum Gasteiger partial charge on any atom is -0.353 e. The molecule has 7 nitrogen and oxygen atoms in total. The van der Waals surface area contributed by atoms with Crippen molar-refractivity contribution in [1.29, 1.82) is 0 Å². The molecule has 6 atom stereocenters. The van der Waals surface area contributed by atoms with Gasteiger partial charge in [0.25, 0.3) is 0 Å². The molecule has 0 amide bonds. The molecule has 71 heavy (non-hydrogen) atoms. The van der Waals surface area contributed by atoms with Crippen LogP contribution >= 0.6 is 7.82 Å². The Bertz CT molecular complexity index is 3180. The SMILES string of the molecule is O=P(OCC12OC1c1ccc(cc1)-c1ccc(cc1)-c1ccc2cc1)(OCC12OC1c1ccc(cc1)-c1ccc(cc1)-c1ccc2cc1)OCC12OC1c1ccc(cc1)-c1ccc(cc1)-c1ccc2cc1. The number of hydrogen-bond acceptors (Lipinski definition) is 7. The topological polar surface area (TPSA) is 82.4 Å². The Labute approximate surface area is 411 Å². The van der Waals surface area contributed by atoms with Gasteiger partial charge >= 0.3 is 7.82 Å². The number of rotatable bonds is 9. The van der Waals surface area contributed by atoms with Gasteiger partial charge in [0.2, 0.25) is 0 Å². The van der Waals surface area contributed by atoms with E-state index >= 15 is 4.57 Å². The third-order valence-electron chi connectivity index (χ3n) is 15.8. The highest BCUT2D eigenvalue weighted by molar-refractivity contribution is 7.48. The summed E-state index contributed by atoms with van der Waals surface area (Å²) in [6.45, 7) is -0.328. The molecule has 0 radical (unpaired) electrons. The van der Waals surface area contributed by atoms with Crippen LogP contribution in [0.3, 0.4) is 0 Å². The lowest BCUT2D eigenvalue weighted by molar-refractivity contribution is 0.0578. The number of ether oxygens (including phenoxy) is 3. The van der Waals surface area contributed by atoms with Crippen LogP contribution in [-0.4, -0.2) is 19.8 Å². The minimum atomic E-state index is -4.50. The van der Waals surface area contributed by atoms with E-state index in [9.17, 15) is 0 Å². The van der Waals surface area contributed by atoms with E-state index in [4.69, 9.17) is 27.8 Å². The van der Waals surface area contributed by atoms with Crippen molar-refractivity contribution in [2.45, 2.75) is 35.1 Å². The van der Waals surface area contributed by atoms with Crippen LogP contribution in [-0.2, 0) is 49.2 Å². The average molecular weight is 945 g/mol. The van der Waals surface area contributed by atoms with Crippen molar-refractivity contribution in [3.8, 4) is 66.8 Å². The molecule has 0 aromatic heterocycles. The van der Waals surface area contributed by atoms with Gasteiger partial charge in [0, 0.05) is 0 Å². The van der Waals surface area contributed by atoms with Crippen molar-refractivity contribution in [1.82, 2.24) is 0 Å². The average Bonchev–Trinajstić information content (AvgIpc) is 4.39. The summed E-state index contributed by atoms with van der Waals surface area (Å²) in [5.41, 5.74) is 16.1. The largest absolute Gasteiger partial charge is 0.475 e. The first-order valence-corrected chi connectivity index (χ1v) is 25.8. The van der Waals surface area contributed by atoms with Gasteiger partial charge in [-0.25, -0.2) is 4.57 Å². The van der Waals surface area contributed by atoms with Crippen LogP contribution in [0.1, 0.15) is 51.7 Å². The fourth-order valence-corrected chi connectivity index (χ4v) is 12.6. The Morgan fingerprint density at radius 1 is 0.282 bits per heavy atom. The zero-order valence-electron chi connectivity index (χ0n) is 38.4. The van der Waals surface area contributed by atoms with E-state index in [1.807, 2.05) is 0 Å². The summed E-state index contributed by atoms with van der Waals surface area (Å²) in [4.78, 5) is 0. The maximum atomic E-state index is 16.0. The predicted octanol–water partition coefficient (Wildman–Crippen LogP) is 15.1. The fraction of sp³-hybridized carbons (Fsp3) is 0.143. The van der Waals surface area contributed by atoms with E-state index in [1.165, 1.54) is 0 Å². The first-order chi connectivity index (χ1) is 34.8. The Hall–Kier alpha value is -7.03. The second kappa shape index (κ2) is 15.5. The number of phosphoric acid groups is 1. The first kappa shape index (κ1) is 41.7. The summed E-state index contributed by atoms with van der Waals surface area (Å²) in [6.07, 6.45) is -1.13. The van der Waals surface area contributed by atoms with Gasteiger partial charge in [-0.15, -0.1) is 0 Å². The molecule has 8 heteroatoms. The fourth-order valence-electron chi connectivity index (χ4n) is 11.4. The standard InChI is InChI=1S/C63H45O7P/c64-71(65-37-61-55-31-25-49(26-32-55)43-7-1-40(2-8-43)46-13-19-52(20-14-46)58(61)68-61,66-38-62-56-33-27-50(28-34-56)44-9-3-41(4-10-44)47-15-21-53(22-16-47)59(62)69-62)67-39-63-57-35-29-51(30-36-57)45-11-5-42(6-12-45)48-17-23-54(24-18-48)60(63)70-63/h1-36,58-60H,37-39H2. The molecule has 27 rings (SSSR count). The molecule has 18 aliphatic rings. The van der Waals surface area contributed by atoms with Crippen LogP contribution in [0, 0.1) is 0 Å². The molecule has 9 aromatic carbocycles. The molecule has 0 spiro atoms. The molecule has 0 N–H and O–H groups in total. The van der Waals surface area contributed by atoms with Gasteiger partial charge in [0.15, 0.2) is 0 Å². The maximum absolute atomic E-state index is 16.0. The van der Waals surface area contributed by atoms with Gasteiger partial charge < -0.3 is 14.2 Å². The lowest BCUT2D eigenvalue weighted by Crippen LogP contribution is -2.24. The smallest absolute Gasteiger partial charge is 0.353 e. The van der Waals surface area contributed by atoms with Crippen molar-refractivity contribution < 1.29 is 32.3 Å². The number of epoxide rings is 3. The van der Waals surface area contributed by atoms with E-state index in [-0.39, 0.29) is 38.1 Å². The molecule has 6 unspecified atom stereocenters. The molecule has 3 heterocycles. The summed E-state index contributed by atoms with van der Waals surface area (Å²) in [7, 11) is -4.50. The first-order valence-electron chi connectivity index (χ1n) is 24.4. The van der Waals surface area contributed by atoms with E-state index in [1.54, 1.807) is 0 Å². The monoisotopic (exact) mass is 944 g/mol. The third-order valence-corrected chi connectivity index (χ3v) is 17.1. The van der Waals surface area contributed by atoms with Crippen molar-refractivity contribution in [2.24, 2.45) is 0 Å².